The lowest BCUT2D eigenvalue weighted by Crippen LogP contribution is -2.45. The van der Waals surface area contributed by atoms with E-state index in [1.807, 2.05) is 0 Å². The molecule has 2 nitrogen and oxygen atoms in total. The SMILES string of the molecule is CCCCCC(N)[C@H]1C[C@@H](N)C1. The maximum absolute atomic E-state index is 6.03. The Hall–Kier alpha value is -0.0800. The van der Waals surface area contributed by atoms with Gasteiger partial charge in [0.15, 0.2) is 0 Å². The second-order valence-electron chi connectivity index (χ2n) is 4.15. The number of unbranched alkanes of at least 4 members (excludes halogenated alkanes) is 2. The highest BCUT2D eigenvalue weighted by molar-refractivity contribution is 4.88. The van der Waals surface area contributed by atoms with Crippen LogP contribution in [0.15, 0.2) is 0 Å². The Morgan fingerprint density at radius 3 is 2.50 bits per heavy atom. The van der Waals surface area contributed by atoms with Crippen LogP contribution < -0.4 is 11.5 Å². The predicted molar refractivity (Wildman–Crippen MR) is 52.8 cm³/mol. The maximum atomic E-state index is 6.03. The lowest BCUT2D eigenvalue weighted by molar-refractivity contribution is 0.213. The second kappa shape index (κ2) is 4.83. The van der Waals surface area contributed by atoms with Crippen molar-refractivity contribution in [3.63, 3.8) is 0 Å². The lowest BCUT2D eigenvalue weighted by atomic mass is 9.75. The van der Waals surface area contributed by atoms with Crippen molar-refractivity contribution < 1.29 is 0 Å². The average molecular weight is 170 g/mol. The fourth-order valence-corrected chi connectivity index (χ4v) is 1.92. The molecule has 1 aliphatic rings. The van der Waals surface area contributed by atoms with Crippen LogP contribution in [0.2, 0.25) is 0 Å². The van der Waals surface area contributed by atoms with Crippen LogP contribution in [0, 0.1) is 5.92 Å². The van der Waals surface area contributed by atoms with Crippen LogP contribution in [0.5, 0.6) is 0 Å². The molecule has 1 unspecified atom stereocenters. The van der Waals surface area contributed by atoms with E-state index in [9.17, 15) is 0 Å². The van der Waals surface area contributed by atoms with Gasteiger partial charge in [-0.25, -0.2) is 0 Å². The molecular weight excluding hydrogens is 148 g/mol. The molecule has 1 saturated carbocycles. The van der Waals surface area contributed by atoms with Gasteiger partial charge in [-0.3, -0.25) is 0 Å². The quantitative estimate of drug-likeness (QED) is 0.616. The fourth-order valence-electron chi connectivity index (χ4n) is 1.92. The zero-order valence-electron chi connectivity index (χ0n) is 8.13. The first-order valence-electron chi connectivity index (χ1n) is 5.25. The summed E-state index contributed by atoms with van der Waals surface area (Å²) in [5.41, 5.74) is 11.7. The monoisotopic (exact) mass is 170 g/mol. The largest absolute Gasteiger partial charge is 0.328 e. The van der Waals surface area contributed by atoms with Crippen LogP contribution in [0.4, 0.5) is 0 Å². The Morgan fingerprint density at radius 2 is 2.00 bits per heavy atom. The van der Waals surface area contributed by atoms with Gasteiger partial charge in [0, 0.05) is 12.1 Å². The van der Waals surface area contributed by atoms with E-state index in [-0.39, 0.29) is 0 Å². The standard InChI is InChI=1S/C10H22N2/c1-2-3-4-5-10(12)8-6-9(11)7-8/h8-10H,2-7,11-12H2,1H3/t8-,9+,10?. The second-order valence-corrected chi connectivity index (χ2v) is 4.15. The number of hydrogen-bond acceptors (Lipinski definition) is 2. The first-order valence-corrected chi connectivity index (χ1v) is 5.25. The molecule has 1 aliphatic carbocycles. The van der Waals surface area contributed by atoms with E-state index in [0.29, 0.717) is 12.1 Å². The van der Waals surface area contributed by atoms with E-state index in [4.69, 9.17) is 11.5 Å². The van der Waals surface area contributed by atoms with Crippen LogP contribution in [0.3, 0.4) is 0 Å². The molecule has 0 radical (unpaired) electrons. The van der Waals surface area contributed by atoms with E-state index in [1.165, 1.54) is 25.7 Å². The molecule has 0 bridgehead atoms. The van der Waals surface area contributed by atoms with Crippen molar-refractivity contribution in [1.82, 2.24) is 0 Å². The van der Waals surface area contributed by atoms with Crippen molar-refractivity contribution in [2.45, 2.75) is 57.5 Å². The van der Waals surface area contributed by atoms with Gasteiger partial charge in [-0.1, -0.05) is 26.2 Å². The number of nitrogens with two attached hydrogens (primary N) is 2. The zero-order chi connectivity index (χ0) is 8.97. The molecule has 1 fully saturated rings. The Balaban J connectivity index is 2.00. The van der Waals surface area contributed by atoms with Gasteiger partial charge < -0.3 is 11.5 Å². The third kappa shape index (κ3) is 2.76. The molecule has 2 heteroatoms. The van der Waals surface area contributed by atoms with Gasteiger partial charge in [0.2, 0.25) is 0 Å². The molecule has 0 spiro atoms. The van der Waals surface area contributed by atoms with E-state index >= 15 is 0 Å². The normalized spacial score (nSPS) is 31.2. The van der Waals surface area contributed by atoms with Crippen molar-refractivity contribution in [3.8, 4) is 0 Å². The van der Waals surface area contributed by atoms with Crippen LogP contribution in [-0.2, 0) is 0 Å². The molecule has 0 aromatic rings. The molecule has 72 valence electrons. The summed E-state index contributed by atoms with van der Waals surface area (Å²) in [6, 6.07) is 0.878. The van der Waals surface area contributed by atoms with Crippen LogP contribution >= 0.6 is 0 Å². The Kier molecular flexibility index (Phi) is 4.02. The summed E-state index contributed by atoms with van der Waals surface area (Å²) in [4.78, 5) is 0. The summed E-state index contributed by atoms with van der Waals surface area (Å²) >= 11 is 0. The van der Waals surface area contributed by atoms with Crippen LogP contribution in [-0.4, -0.2) is 12.1 Å². The Morgan fingerprint density at radius 1 is 1.33 bits per heavy atom. The highest BCUT2D eigenvalue weighted by Gasteiger charge is 2.30. The van der Waals surface area contributed by atoms with Gasteiger partial charge in [0.1, 0.15) is 0 Å². The summed E-state index contributed by atoms with van der Waals surface area (Å²) in [5.74, 6) is 0.733. The average Bonchev–Trinajstić information content (AvgIpc) is 1.99. The number of rotatable bonds is 5. The van der Waals surface area contributed by atoms with Gasteiger partial charge in [-0.15, -0.1) is 0 Å². The van der Waals surface area contributed by atoms with Crippen LogP contribution in [0.1, 0.15) is 45.4 Å². The minimum absolute atomic E-state index is 0.427. The molecule has 0 aliphatic heterocycles. The van der Waals surface area contributed by atoms with Crippen LogP contribution in [0.25, 0.3) is 0 Å². The van der Waals surface area contributed by atoms with Gasteiger partial charge >= 0.3 is 0 Å². The lowest BCUT2D eigenvalue weighted by Gasteiger charge is -2.36. The smallest absolute Gasteiger partial charge is 0.00683 e. The minimum atomic E-state index is 0.427. The van der Waals surface area contributed by atoms with Crippen molar-refractivity contribution in [2.24, 2.45) is 17.4 Å². The summed E-state index contributed by atoms with van der Waals surface area (Å²) in [6.07, 6.45) is 7.43. The van der Waals surface area contributed by atoms with Crippen molar-refractivity contribution in [3.05, 3.63) is 0 Å². The topological polar surface area (TPSA) is 52.0 Å². The third-order valence-electron chi connectivity index (χ3n) is 2.96. The molecule has 12 heavy (non-hydrogen) atoms. The zero-order valence-corrected chi connectivity index (χ0v) is 8.13. The van der Waals surface area contributed by atoms with E-state index in [2.05, 4.69) is 6.92 Å². The highest BCUT2D eigenvalue weighted by atomic mass is 14.7. The molecular formula is C10H22N2. The summed E-state index contributed by atoms with van der Waals surface area (Å²) < 4.78 is 0. The highest BCUT2D eigenvalue weighted by Crippen LogP contribution is 2.29. The van der Waals surface area contributed by atoms with Crippen molar-refractivity contribution in [1.29, 1.82) is 0 Å². The summed E-state index contributed by atoms with van der Waals surface area (Å²) in [6.45, 7) is 2.23. The van der Waals surface area contributed by atoms with Gasteiger partial charge in [-0.2, -0.15) is 0 Å². The number of hydrogen-bond donors (Lipinski definition) is 2. The first kappa shape index (κ1) is 10.0. The van der Waals surface area contributed by atoms with Gasteiger partial charge in [0.05, 0.1) is 0 Å². The molecule has 4 N–H and O–H groups in total. The van der Waals surface area contributed by atoms with E-state index in [0.717, 1.165) is 18.8 Å². The molecule has 0 aromatic carbocycles. The first-order chi connectivity index (χ1) is 5.74. The predicted octanol–water partition coefficient (Wildman–Crippen LogP) is 1.63. The molecule has 1 rings (SSSR count). The third-order valence-corrected chi connectivity index (χ3v) is 2.96. The fraction of sp³-hybridized carbons (Fsp3) is 1.00. The van der Waals surface area contributed by atoms with Gasteiger partial charge in [-0.05, 0) is 25.2 Å². The minimum Gasteiger partial charge on any atom is -0.328 e. The summed E-state index contributed by atoms with van der Waals surface area (Å²) in [7, 11) is 0. The molecule has 1 atom stereocenters. The molecule has 0 aromatic heterocycles. The molecule has 0 saturated heterocycles. The molecule has 0 amide bonds. The van der Waals surface area contributed by atoms with E-state index < -0.39 is 0 Å². The Labute approximate surface area is 75.7 Å². The van der Waals surface area contributed by atoms with Crippen molar-refractivity contribution >= 4 is 0 Å². The Bertz CT molecular complexity index is 119. The van der Waals surface area contributed by atoms with Crippen molar-refractivity contribution in [2.75, 3.05) is 0 Å². The molecule has 0 heterocycles. The maximum Gasteiger partial charge on any atom is 0.00683 e. The van der Waals surface area contributed by atoms with Gasteiger partial charge in [0.25, 0.3) is 0 Å². The van der Waals surface area contributed by atoms with E-state index in [1.54, 1.807) is 0 Å². The summed E-state index contributed by atoms with van der Waals surface area (Å²) in [5, 5.41) is 0.